The average Bonchev–Trinajstić information content (AvgIpc) is 3.23. The standard InChI is InChI=1S/C25H22P.Li/c1-4-14-22(15-5-1)25(20-21-12-10-11-13-21)26(23-16-6-2-7-17-23)24-18-8-3-9-19-24;/h1-19,25H,20H2;/q;+1/t25-;/m0./s1. The van der Waals surface area contributed by atoms with Crippen LogP contribution in [0.1, 0.15) is 17.6 Å². The molecule has 5 radical (unpaired) electrons. The van der Waals surface area contributed by atoms with Crippen LogP contribution in [0.25, 0.3) is 0 Å². The number of benzene rings is 3. The molecule has 0 amide bonds. The molecular weight excluding hydrogens is 338 g/mol. The second-order valence-electron chi connectivity index (χ2n) is 6.46. The zero-order valence-corrected chi connectivity index (χ0v) is 16.6. The van der Waals surface area contributed by atoms with Gasteiger partial charge in [0.25, 0.3) is 0 Å². The summed E-state index contributed by atoms with van der Waals surface area (Å²) in [6, 6.07) is 33.0. The van der Waals surface area contributed by atoms with Crippen molar-refractivity contribution < 1.29 is 18.9 Å². The van der Waals surface area contributed by atoms with E-state index in [9.17, 15) is 0 Å². The molecule has 0 heterocycles. The van der Waals surface area contributed by atoms with E-state index in [0.29, 0.717) is 5.66 Å². The summed E-state index contributed by atoms with van der Waals surface area (Å²) in [7, 11) is -0.495. The second-order valence-corrected chi connectivity index (χ2v) is 8.86. The largest absolute Gasteiger partial charge is 1.00 e. The Bertz CT molecular complexity index is 743. The quantitative estimate of drug-likeness (QED) is 0.468. The van der Waals surface area contributed by atoms with Crippen molar-refractivity contribution in [2.75, 3.05) is 0 Å². The van der Waals surface area contributed by atoms with Gasteiger partial charge < -0.3 is 0 Å². The van der Waals surface area contributed by atoms with E-state index in [0.717, 1.165) is 6.42 Å². The first-order valence-electron chi connectivity index (χ1n) is 9.07. The van der Waals surface area contributed by atoms with Gasteiger partial charge in [-0.1, -0.05) is 91.0 Å². The van der Waals surface area contributed by atoms with Crippen LogP contribution in [0.4, 0.5) is 0 Å². The summed E-state index contributed by atoms with van der Waals surface area (Å²) in [6.45, 7) is 0. The van der Waals surface area contributed by atoms with Crippen molar-refractivity contribution in [1.29, 1.82) is 0 Å². The molecule has 127 valence electrons. The first kappa shape index (κ1) is 20.4. The van der Waals surface area contributed by atoms with E-state index >= 15 is 0 Å². The van der Waals surface area contributed by atoms with Crippen molar-refractivity contribution in [1.82, 2.24) is 0 Å². The Kier molecular flexibility index (Phi) is 7.78. The van der Waals surface area contributed by atoms with Gasteiger partial charge in [-0.25, -0.2) is 0 Å². The van der Waals surface area contributed by atoms with Crippen LogP contribution in [0.5, 0.6) is 0 Å². The van der Waals surface area contributed by atoms with Gasteiger partial charge in [0.2, 0.25) is 0 Å². The molecule has 3 aromatic carbocycles. The van der Waals surface area contributed by atoms with E-state index < -0.39 is 7.92 Å². The van der Waals surface area contributed by atoms with Gasteiger partial charge in [-0.15, -0.1) is 0 Å². The molecule has 1 fully saturated rings. The van der Waals surface area contributed by atoms with Gasteiger partial charge in [-0.2, -0.15) is 0 Å². The zero-order valence-electron chi connectivity index (χ0n) is 15.7. The molecule has 0 nitrogen and oxygen atoms in total. The molecule has 2 heteroatoms. The summed E-state index contributed by atoms with van der Waals surface area (Å²) in [4.78, 5) is 0. The van der Waals surface area contributed by atoms with E-state index in [4.69, 9.17) is 0 Å². The van der Waals surface area contributed by atoms with Crippen LogP contribution < -0.4 is 29.5 Å². The Labute approximate surface area is 177 Å². The molecule has 1 aliphatic carbocycles. The average molecular weight is 360 g/mol. The van der Waals surface area contributed by atoms with E-state index in [-0.39, 0.29) is 18.9 Å². The van der Waals surface area contributed by atoms with E-state index in [2.05, 4.69) is 117 Å². The fourth-order valence-electron chi connectivity index (χ4n) is 3.49. The Morgan fingerprint density at radius 2 is 1.04 bits per heavy atom. The van der Waals surface area contributed by atoms with Crippen molar-refractivity contribution in [3.63, 3.8) is 0 Å². The predicted octanol–water partition coefficient (Wildman–Crippen LogP) is 2.66. The smallest absolute Gasteiger partial charge is 0.0622 e. The molecule has 1 aliphatic rings. The minimum absolute atomic E-state index is 0. The van der Waals surface area contributed by atoms with Crippen LogP contribution in [0.2, 0.25) is 0 Å². The van der Waals surface area contributed by atoms with Crippen molar-refractivity contribution in [2.24, 2.45) is 0 Å². The molecule has 27 heavy (non-hydrogen) atoms. The van der Waals surface area contributed by atoms with Crippen LogP contribution in [-0.4, -0.2) is 0 Å². The zero-order chi connectivity index (χ0) is 17.6. The summed E-state index contributed by atoms with van der Waals surface area (Å²) >= 11 is 0. The molecule has 0 spiro atoms. The molecular formula is C25H22LiP+. The number of hydrogen-bond acceptors (Lipinski definition) is 0. The summed E-state index contributed by atoms with van der Waals surface area (Å²) in [5.41, 5.74) is 1.88. The first-order chi connectivity index (χ1) is 12.9. The third-order valence-corrected chi connectivity index (χ3v) is 7.54. The SMILES string of the molecule is [CH]1[CH][CH][C](C[C@@H](c2ccccc2)P(c2ccccc2)c2ccccc2)[CH]1.[Li+]. The van der Waals surface area contributed by atoms with Crippen LogP contribution in [0.3, 0.4) is 0 Å². The van der Waals surface area contributed by atoms with Crippen LogP contribution >= 0.6 is 7.92 Å². The number of hydrogen-bond donors (Lipinski definition) is 0. The summed E-state index contributed by atoms with van der Waals surface area (Å²) < 4.78 is 0. The van der Waals surface area contributed by atoms with Crippen molar-refractivity contribution >= 4 is 18.5 Å². The van der Waals surface area contributed by atoms with E-state index in [1.165, 1.54) is 22.1 Å². The molecule has 0 saturated heterocycles. The molecule has 0 aromatic heterocycles. The Morgan fingerprint density at radius 1 is 0.593 bits per heavy atom. The fourth-order valence-corrected chi connectivity index (χ4v) is 6.36. The maximum atomic E-state index is 2.29. The Morgan fingerprint density at radius 3 is 1.52 bits per heavy atom. The van der Waals surface area contributed by atoms with E-state index in [1.807, 2.05) is 0 Å². The fraction of sp³-hybridized carbons (Fsp3) is 0.0800. The molecule has 0 aliphatic heterocycles. The third-order valence-electron chi connectivity index (χ3n) is 4.73. The minimum Gasteiger partial charge on any atom is -0.0622 e. The maximum absolute atomic E-state index is 2.29. The Hall–Kier alpha value is -1.31. The van der Waals surface area contributed by atoms with Crippen LogP contribution in [0.15, 0.2) is 91.0 Å². The van der Waals surface area contributed by atoms with Crippen molar-refractivity contribution in [2.45, 2.75) is 12.1 Å². The van der Waals surface area contributed by atoms with Gasteiger partial charge in [0.1, 0.15) is 0 Å². The molecule has 1 saturated carbocycles. The molecule has 0 unspecified atom stereocenters. The minimum atomic E-state index is -0.495. The number of rotatable bonds is 6. The topological polar surface area (TPSA) is 0 Å². The molecule has 4 rings (SSSR count). The van der Waals surface area contributed by atoms with Gasteiger partial charge in [-0.05, 0) is 62.1 Å². The molecule has 3 aromatic rings. The Balaban J connectivity index is 0.00000210. The monoisotopic (exact) mass is 360 g/mol. The van der Waals surface area contributed by atoms with Crippen molar-refractivity contribution in [3.05, 3.63) is 128 Å². The third kappa shape index (κ3) is 5.15. The maximum Gasteiger partial charge on any atom is 1.00 e. The normalized spacial score (nSPS) is 15.4. The van der Waals surface area contributed by atoms with Gasteiger partial charge >= 0.3 is 18.9 Å². The van der Waals surface area contributed by atoms with Gasteiger partial charge in [-0.3, -0.25) is 0 Å². The molecule has 0 bridgehead atoms. The van der Waals surface area contributed by atoms with Gasteiger partial charge in [0.15, 0.2) is 0 Å². The van der Waals surface area contributed by atoms with E-state index in [1.54, 1.807) is 0 Å². The first-order valence-corrected chi connectivity index (χ1v) is 10.5. The van der Waals surface area contributed by atoms with Crippen molar-refractivity contribution in [3.8, 4) is 0 Å². The van der Waals surface area contributed by atoms with Gasteiger partial charge in [0.05, 0.1) is 0 Å². The van der Waals surface area contributed by atoms with Crippen LogP contribution in [-0.2, 0) is 0 Å². The summed E-state index contributed by atoms with van der Waals surface area (Å²) in [6.07, 6.45) is 9.85. The summed E-state index contributed by atoms with van der Waals surface area (Å²) in [5.74, 6) is 1.42. The second kappa shape index (κ2) is 10.3. The summed E-state index contributed by atoms with van der Waals surface area (Å²) in [5, 5.41) is 2.88. The molecule has 0 N–H and O–H groups in total. The van der Waals surface area contributed by atoms with Crippen LogP contribution in [0, 0.1) is 31.6 Å². The van der Waals surface area contributed by atoms with Gasteiger partial charge in [0, 0.05) is 5.66 Å². The predicted molar refractivity (Wildman–Crippen MR) is 113 cm³/mol. The molecule has 1 atom stereocenters.